The van der Waals surface area contributed by atoms with E-state index in [0.717, 1.165) is 5.52 Å². The SMILES string of the molecule is CCOC(=O)C(=O)c1cc2cc(F)ccc2n1CC. The number of ether oxygens (including phenoxy) is 1. The maximum Gasteiger partial charge on any atom is 0.381 e. The minimum absolute atomic E-state index is 0.144. The molecule has 0 fully saturated rings. The lowest BCUT2D eigenvalue weighted by atomic mass is 10.2. The maximum atomic E-state index is 13.2. The van der Waals surface area contributed by atoms with Crippen molar-refractivity contribution >= 4 is 22.7 Å². The van der Waals surface area contributed by atoms with Crippen LogP contribution < -0.4 is 0 Å². The lowest BCUT2D eigenvalue weighted by Crippen LogP contribution is -2.20. The molecule has 4 nitrogen and oxygen atoms in total. The summed E-state index contributed by atoms with van der Waals surface area (Å²) < 4.78 is 19.6. The topological polar surface area (TPSA) is 48.3 Å². The molecule has 0 atom stereocenters. The Hall–Kier alpha value is -2.17. The summed E-state index contributed by atoms with van der Waals surface area (Å²) >= 11 is 0. The number of rotatable bonds is 4. The van der Waals surface area contributed by atoms with Gasteiger partial charge in [0.15, 0.2) is 0 Å². The summed E-state index contributed by atoms with van der Waals surface area (Å²) in [6.45, 7) is 4.14. The predicted molar refractivity (Wildman–Crippen MR) is 68.5 cm³/mol. The third-order valence-corrected chi connectivity index (χ3v) is 2.87. The Balaban J connectivity index is 2.54. The van der Waals surface area contributed by atoms with Crippen LogP contribution in [-0.2, 0) is 16.1 Å². The molecular formula is C14H14FNO3. The van der Waals surface area contributed by atoms with E-state index >= 15 is 0 Å². The Morgan fingerprint density at radius 2 is 2.00 bits per heavy atom. The van der Waals surface area contributed by atoms with E-state index in [4.69, 9.17) is 4.74 Å². The van der Waals surface area contributed by atoms with Crippen molar-refractivity contribution in [3.8, 4) is 0 Å². The van der Waals surface area contributed by atoms with Crippen LogP contribution in [0.25, 0.3) is 10.9 Å². The molecule has 0 spiro atoms. The van der Waals surface area contributed by atoms with Gasteiger partial charge >= 0.3 is 5.97 Å². The average Bonchev–Trinajstić information content (AvgIpc) is 2.75. The van der Waals surface area contributed by atoms with Gasteiger partial charge in [0, 0.05) is 17.4 Å². The number of ketones is 1. The molecule has 0 aliphatic heterocycles. The molecule has 0 saturated carbocycles. The van der Waals surface area contributed by atoms with Crippen LogP contribution in [0.4, 0.5) is 4.39 Å². The summed E-state index contributed by atoms with van der Waals surface area (Å²) in [4.78, 5) is 23.5. The van der Waals surface area contributed by atoms with Gasteiger partial charge in [0.2, 0.25) is 0 Å². The fraction of sp³-hybridized carbons (Fsp3) is 0.286. The first-order chi connectivity index (χ1) is 9.08. The van der Waals surface area contributed by atoms with Crippen LogP contribution in [0.1, 0.15) is 24.3 Å². The molecule has 0 saturated heterocycles. The first kappa shape index (κ1) is 13.3. The number of carbonyl (C=O) groups excluding carboxylic acids is 2. The second-order valence-electron chi connectivity index (χ2n) is 4.03. The largest absolute Gasteiger partial charge is 0.460 e. The van der Waals surface area contributed by atoms with Crippen LogP contribution >= 0.6 is 0 Å². The molecule has 19 heavy (non-hydrogen) atoms. The molecule has 1 aromatic heterocycles. The number of benzene rings is 1. The average molecular weight is 263 g/mol. The van der Waals surface area contributed by atoms with Gasteiger partial charge in [0.25, 0.3) is 5.78 Å². The zero-order valence-electron chi connectivity index (χ0n) is 10.8. The van der Waals surface area contributed by atoms with Gasteiger partial charge in [-0.3, -0.25) is 4.79 Å². The van der Waals surface area contributed by atoms with Crippen molar-refractivity contribution in [2.24, 2.45) is 0 Å². The van der Waals surface area contributed by atoms with Crippen molar-refractivity contribution < 1.29 is 18.7 Å². The second-order valence-corrected chi connectivity index (χ2v) is 4.03. The highest BCUT2D eigenvalue weighted by molar-refractivity contribution is 6.40. The fourth-order valence-electron chi connectivity index (χ4n) is 2.07. The number of nitrogens with zero attached hydrogens (tertiary/aromatic N) is 1. The van der Waals surface area contributed by atoms with Crippen molar-refractivity contribution in [2.45, 2.75) is 20.4 Å². The van der Waals surface area contributed by atoms with Gasteiger partial charge in [-0.25, -0.2) is 9.18 Å². The Morgan fingerprint density at radius 1 is 1.26 bits per heavy atom. The fourth-order valence-corrected chi connectivity index (χ4v) is 2.07. The van der Waals surface area contributed by atoms with Gasteiger partial charge in [-0.05, 0) is 38.1 Å². The van der Waals surface area contributed by atoms with Crippen molar-refractivity contribution in [2.75, 3.05) is 6.61 Å². The highest BCUT2D eigenvalue weighted by Crippen LogP contribution is 2.21. The number of carbonyl (C=O) groups is 2. The van der Waals surface area contributed by atoms with Gasteiger partial charge < -0.3 is 9.30 Å². The monoisotopic (exact) mass is 263 g/mol. The molecule has 2 rings (SSSR count). The molecule has 1 aromatic carbocycles. The van der Waals surface area contributed by atoms with E-state index in [-0.39, 0.29) is 18.1 Å². The summed E-state index contributed by atoms with van der Waals surface area (Å²) in [5, 5.41) is 0.592. The minimum Gasteiger partial charge on any atom is -0.460 e. The first-order valence-corrected chi connectivity index (χ1v) is 6.08. The van der Waals surface area contributed by atoms with E-state index < -0.39 is 11.8 Å². The van der Waals surface area contributed by atoms with Crippen molar-refractivity contribution in [1.82, 2.24) is 4.57 Å². The molecule has 0 aliphatic carbocycles. The number of hydrogen-bond donors (Lipinski definition) is 0. The van der Waals surface area contributed by atoms with E-state index in [1.807, 2.05) is 6.92 Å². The highest BCUT2D eigenvalue weighted by atomic mass is 19.1. The Bertz CT molecular complexity index is 645. The Morgan fingerprint density at radius 3 is 2.63 bits per heavy atom. The zero-order valence-corrected chi connectivity index (χ0v) is 10.8. The normalized spacial score (nSPS) is 10.7. The molecule has 0 amide bonds. The molecule has 5 heteroatoms. The van der Waals surface area contributed by atoms with Crippen molar-refractivity contribution in [3.05, 3.63) is 35.8 Å². The lowest BCUT2D eigenvalue weighted by Gasteiger charge is -2.06. The van der Waals surface area contributed by atoms with Gasteiger partial charge in [-0.1, -0.05) is 0 Å². The molecular weight excluding hydrogens is 249 g/mol. The zero-order chi connectivity index (χ0) is 14.0. The minimum atomic E-state index is -0.888. The van der Waals surface area contributed by atoms with Crippen LogP contribution in [-0.4, -0.2) is 22.9 Å². The van der Waals surface area contributed by atoms with Crippen LogP contribution in [0, 0.1) is 5.82 Å². The summed E-state index contributed by atoms with van der Waals surface area (Å²) in [6.07, 6.45) is 0. The highest BCUT2D eigenvalue weighted by Gasteiger charge is 2.22. The first-order valence-electron chi connectivity index (χ1n) is 6.08. The molecule has 0 radical (unpaired) electrons. The Labute approximate surface area is 109 Å². The summed E-state index contributed by atoms with van der Waals surface area (Å²) in [5.74, 6) is -1.98. The van der Waals surface area contributed by atoms with Crippen LogP contribution in [0.2, 0.25) is 0 Å². The van der Waals surface area contributed by atoms with E-state index in [1.54, 1.807) is 17.6 Å². The predicted octanol–water partition coefficient (Wildman–Crippen LogP) is 2.55. The van der Waals surface area contributed by atoms with Crippen LogP contribution in [0.5, 0.6) is 0 Å². The van der Waals surface area contributed by atoms with Crippen LogP contribution in [0.3, 0.4) is 0 Å². The summed E-state index contributed by atoms with van der Waals surface area (Å²) in [6, 6.07) is 5.77. The lowest BCUT2D eigenvalue weighted by molar-refractivity contribution is -0.137. The van der Waals surface area contributed by atoms with Crippen LogP contribution in [0.15, 0.2) is 24.3 Å². The molecule has 0 N–H and O–H groups in total. The number of aryl methyl sites for hydroxylation is 1. The van der Waals surface area contributed by atoms with E-state index in [0.29, 0.717) is 11.9 Å². The second kappa shape index (κ2) is 5.22. The van der Waals surface area contributed by atoms with Gasteiger partial charge in [0.05, 0.1) is 12.3 Å². The molecule has 0 aliphatic rings. The van der Waals surface area contributed by atoms with E-state index in [2.05, 4.69) is 0 Å². The van der Waals surface area contributed by atoms with Crippen molar-refractivity contribution in [3.63, 3.8) is 0 Å². The molecule has 2 aromatic rings. The third kappa shape index (κ3) is 2.36. The number of fused-ring (bicyclic) bond motifs is 1. The summed E-state index contributed by atoms with van der Waals surface area (Å²) in [7, 11) is 0. The quantitative estimate of drug-likeness (QED) is 0.484. The smallest absolute Gasteiger partial charge is 0.381 e. The molecule has 0 bridgehead atoms. The number of Topliss-reactive ketones (excluding diaryl/α,β-unsaturated/α-hetero) is 1. The molecule has 100 valence electrons. The Kier molecular flexibility index (Phi) is 3.64. The number of esters is 1. The molecule has 0 unspecified atom stereocenters. The van der Waals surface area contributed by atoms with E-state index in [9.17, 15) is 14.0 Å². The molecule has 1 heterocycles. The van der Waals surface area contributed by atoms with Gasteiger partial charge in [-0.2, -0.15) is 0 Å². The number of aromatic nitrogens is 1. The van der Waals surface area contributed by atoms with Gasteiger partial charge in [-0.15, -0.1) is 0 Å². The summed E-state index contributed by atoms with van der Waals surface area (Å²) in [5.41, 5.74) is 0.943. The maximum absolute atomic E-state index is 13.2. The van der Waals surface area contributed by atoms with Crippen molar-refractivity contribution in [1.29, 1.82) is 0 Å². The van der Waals surface area contributed by atoms with E-state index in [1.165, 1.54) is 18.2 Å². The number of hydrogen-bond acceptors (Lipinski definition) is 3. The van der Waals surface area contributed by atoms with Gasteiger partial charge in [0.1, 0.15) is 5.82 Å². The number of halogens is 1. The third-order valence-electron chi connectivity index (χ3n) is 2.87. The standard InChI is InChI=1S/C14H14FNO3/c1-3-16-11-6-5-10(15)7-9(11)8-12(16)13(17)14(18)19-4-2/h5-8H,3-4H2,1-2H3.